The molecule has 1 N–H and O–H groups in total. The molecule has 0 atom stereocenters. The van der Waals surface area contributed by atoms with E-state index in [1.54, 1.807) is 6.20 Å². The Morgan fingerprint density at radius 1 is 1.40 bits per heavy atom. The molecule has 0 radical (unpaired) electrons. The van der Waals surface area contributed by atoms with Gasteiger partial charge in [-0.2, -0.15) is 9.93 Å². The van der Waals surface area contributed by atoms with E-state index in [2.05, 4.69) is 19.9 Å². The van der Waals surface area contributed by atoms with Gasteiger partial charge in [-0.25, -0.2) is 4.98 Å². The fraction of sp³-hybridized carbons (Fsp3) is 0.583. The molecule has 2 aromatic heterocycles. The van der Waals surface area contributed by atoms with Crippen LogP contribution in [0.5, 0.6) is 0 Å². The van der Waals surface area contributed by atoms with Crippen molar-refractivity contribution in [3.05, 3.63) is 16.3 Å². The van der Waals surface area contributed by atoms with Crippen LogP contribution >= 0.6 is 23.8 Å². The zero-order valence-corrected chi connectivity index (χ0v) is 12.1. The number of nitrogens with one attached hydrogen (secondary N) is 1. The van der Waals surface area contributed by atoms with E-state index in [1.807, 2.05) is 4.57 Å². The predicted molar refractivity (Wildman–Crippen MR) is 73.7 cm³/mol. The first-order valence-electron chi connectivity index (χ1n) is 6.51. The van der Waals surface area contributed by atoms with E-state index in [4.69, 9.17) is 23.8 Å². The molecule has 2 bridgehead atoms. The van der Waals surface area contributed by atoms with Gasteiger partial charge in [-0.1, -0.05) is 0 Å². The second kappa shape index (κ2) is 3.99. The first-order chi connectivity index (χ1) is 9.57. The fourth-order valence-corrected chi connectivity index (χ4v) is 4.37. The quantitative estimate of drug-likeness (QED) is 0.681. The molecule has 2 aliphatic carbocycles. The smallest absolute Gasteiger partial charge is 0.224 e. The van der Waals surface area contributed by atoms with Crippen LogP contribution in [0.4, 0.5) is 4.53 Å². The van der Waals surface area contributed by atoms with E-state index in [-0.39, 0.29) is 10.8 Å². The minimum atomic E-state index is -0.644. The summed E-state index contributed by atoms with van der Waals surface area (Å²) in [5.74, 6) is 0. The molecular formula is C12H12ClFN4OS. The SMILES string of the molecule is FOC12CCC(n3c(=S)[nH]c4cnc(Cl)nc43)(CC1)C2. The van der Waals surface area contributed by atoms with Gasteiger partial charge >= 0.3 is 0 Å². The largest absolute Gasteiger partial charge is 0.328 e. The first kappa shape index (κ1) is 12.7. The van der Waals surface area contributed by atoms with Gasteiger partial charge in [-0.05, 0) is 54.0 Å². The van der Waals surface area contributed by atoms with Crippen molar-refractivity contribution in [2.45, 2.75) is 43.2 Å². The van der Waals surface area contributed by atoms with Crippen molar-refractivity contribution in [1.29, 1.82) is 0 Å². The average Bonchev–Trinajstić information content (AvgIpc) is 3.08. The van der Waals surface area contributed by atoms with Crippen molar-refractivity contribution in [2.24, 2.45) is 0 Å². The van der Waals surface area contributed by atoms with E-state index in [0.717, 1.165) is 18.4 Å². The molecule has 0 spiro atoms. The van der Waals surface area contributed by atoms with Crippen molar-refractivity contribution >= 4 is 35.0 Å². The number of hydrogen-bond donors (Lipinski definition) is 1. The molecule has 0 amide bonds. The molecule has 2 heterocycles. The highest BCUT2D eigenvalue weighted by atomic mass is 35.5. The molecule has 2 aliphatic rings. The molecule has 2 aromatic rings. The Bertz CT molecular complexity index is 749. The summed E-state index contributed by atoms with van der Waals surface area (Å²) in [5, 5.41) is 0.181. The maximum absolute atomic E-state index is 12.9. The molecule has 2 fully saturated rings. The van der Waals surface area contributed by atoms with Gasteiger partial charge in [0.2, 0.25) is 5.28 Å². The lowest BCUT2D eigenvalue weighted by molar-refractivity contribution is -0.232. The van der Waals surface area contributed by atoms with Gasteiger partial charge in [0.15, 0.2) is 10.4 Å². The molecule has 106 valence electrons. The minimum absolute atomic E-state index is 0.181. The zero-order valence-electron chi connectivity index (χ0n) is 10.5. The number of halogens is 2. The van der Waals surface area contributed by atoms with Gasteiger partial charge < -0.3 is 4.98 Å². The molecule has 2 saturated carbocycles. The normalized spacial score (nSPS) is 32.3. The summed E-state index contributed by atoms with van der Waals surface area (Å²) in [6.07, 6.45) is 5.32. The highest BCUT2D eigenvalue weighted by Crippen LogP contribution is 2.57. The number of nitrogens with zero attached hydrogens (tertiary/aromatic N) is 3. The van der Waals surface area contributed by atoms with Crippen LogP contribution in [0.25, 0.3) is 11.2 Å². The maximum atomic E-state index is 12.9. The Morgan fingerprint density at radius 3 is 2.80 bits per heavy atom. The third-order valence-electron chi connectivity index (χ3n) is 4.78. The van der Waals surface area contributed by atoms with Crippen LogP contribution in [-0.4, -0.2) is 25.1 Å². The number of aromatic nitrogens is 4. The van der Waals surface area contributed by atoms with Crippen LogP contribution in [0, 0.1) is 4.77 Å². The number of fused-ring (bicyclic) bond motifs is 3. The van der Waals surface area contributed by atoms with E-state index in [9.17, 15) is 4.53 Å². The summed E-state index contributed by atoms with van der Waals surface area (Å²) < 4.78 is 15.4. The Morgan fingerprint density at radius 2 is 2.15 bits per heavy atom. The highest BCUT2D eigenvalue weighted by Gasteiger charge is 2.58. The highest BCUT2D eigenvalue weighted by molar-refractivity contribution is 7.71. The molecule has 4 rings (SSSR count). The van der Waals surface area contributed by atoms with Crippen LogP contribution in [0.15, 0.2) is 6.20 Å². The van der Waals surface area contributed by atoms with Gasteiger partial charge in [0.1, 0.15) is 11.1 Å². The Kier molecular flexibility index (Phi) is 2.53. The molecule has 20 heavy (non-hydrogen) atoms. The minimum Gasteiger partial charge on any atom is -0.328 e. The summed E-state index contributed by atoms with van der Waals surface area (Å²) in [6.45, 7) is 0. The average molecular weight is 315 g/mol. The summed E-state index contributed by atoms with van der Waals surface area (Å²) in [4.78, 5) is 15.6. The van der Waals surface area contributed by atoms with E-state index in [0.29, 0.717) is 29.7 Å². The summed E-state index contributed by atoms with van der Waals surface area (Å²) in [6, 6.07) is 0. The molecule has 0 unspecified atom stereocenters. The van der Waals surface area contributed by atoms with E-state index >= 15 is 0 Å². The third-order valence-corrected chi connectivity index (χ3v) is 5.24. The lowest BCUT2D eigenvalue weighted by Crippen LogP contribution is -2.28. The van der Waals surface area contributed by atoms with Crippen molar-refractivity contribution < 1.29 is 9.47 Å². The number of hydrogen-bond acceptors (Lipinski definition) is 4. The molecule has 0 aromatic carbocycles. The lowest BCUT2D eigenvalue weighted by Gasteiger charge is -2.28. The molecule has 5 nitrogen and oxygen atoms in total. The Hall–Kier alpha value is -1.05. The van der Waals surface area contributed by atoms with E-state index in [1.165, 1.54) is 0 Å². The van der Waals surface area contributed by atoms with Gasteiger partial charge in [0.05, 0.1) is 11.7 Å². The molecule has 0 aliphatic heterocycles. The van der Waals surface area contributed by atoms with Crippen LogP contribution in [0.2, 0.25) is 5.28 Å². The lowest BCUT2D eigenvalue weighted by atomic mass is 9.92. The monoisotopic (exact) mass is 314 g/mol. The third kappa shape index (κ3) is 1.54. The zero-order chi connectivity index (χ0) is 14.0. The summed E-state index contributed by atoms with van der Waals surface area (Å²) in [7, 11) is 0. The van der Waals surface area contributed by atoms with Crippen molar-refractivity contribution in [3.63, 3.8) is 0 Å². The fourth-order valence-electron chi connectivity index (χ4n) is 3.85. The van der Waals surface area contributed by atoms with Crippen molar-refractivity contribution in [1.82, 2.24) is 19.5 Å². The number of H-pyrrole nitrogens is 1. The standard InChI is InChI=1S/C12H12ClFN4OS/c13-9-15-5-7-8(17-9)18(10(20)16-7)11-1-3-12(6-11,19-14)4-2-11/h5H,1-4,6H2,(H,16,20). The number of aromatic amines is 1. The second-order valence-electron chi connectivity index (χ2n) is 5.80. The van der Waals surface area contributed by atoms with Crippen molar-refractivity contribution in [3.8, 4) is 0 Å². The topological polar surface area (TPSA) is 55.7 Å². The van der Waals surface area contributed by atoms with Crippen molar-refractivity contribution in [2.75, 3.05) is 0 Å². The van der Waals surface area contributed by atoms with Crippen LogP contribution < -0.4 is 0 Å². The van der Waals surface area contributed by atoms with Crippen LogP contribution in [-0.2, 0) is 10.5 Å². The van der Waals surface area contributed by atoms with Gasteiger partial charge in [0, 0.05) is 6.42 Å². The van der Waals surface area contributed by atoms with Gasteiger partial charge in [-0.3, -0.25) is 4.57 Å². The number of imidazole rings is 1. The van der Waals surface area contributed by atoms with E-state index < -0.39 is 5.60 Å². The maximum Gasteiger partial charge on any atom is 0.224 e. The first-order valence-corrected chi connectivity index (χ1v) is 7.30. The molecule has 0 saturated heterocycles. The Balaban J connectivity index is 1.93. The summed E-state index contributed by atoms with van der Waals surface area (Å²) in [5.41, 5.74) is 0.569. The molecular weight excluding hydrogens is 303 g/mol. The Labute approximate surface area is 124 Å². The summed E-state index contributed by atoms with van der Waals surface area (Å²) >= 11 is 11.3. The van der Waals surface area contributed by atoms with Gasteiger partial charge in [0.25, 0.3) is 0 Å². The predicted octanol–water partition coefficient (Wildman–Crippen LogP) is 3.46. The second-order valence-corrected chi connectivity index (χ2v) is 6.53. The van der Waals surface area contributed by atoms with Gasteiger partial charge in [-0.15, -0.1) is 0 Å². The number of rotatable bonds is 2. The van der Waals surface area contributed by atoms with Crippen LogP contribution in [0.3, 0.4) is 0 Å². The van der Waals surface area contributed by atoms with Crippen LogP contribution in [0.1, 0.15) is 32.1 Å². The molecule has 8 heteroatoms.